The maximum absolute atomic E-state index is 2.47. The van der Waals surface area contributed by atoms with Gasteiger partial charge in [-0.25, -0.2) is 0 Å². The normalized spacial score (nSPS) is 23.3. The molecule has 2 rings (SSSR count). The van der Waals surface area contributed by atoms with Crippen LogP contribution in [0.5, 0.6) is 0 Å². The van der Waals surface area contributed by atoms with Crippen LogP contribution in [0.25, 0.3) is 0 Å². The van der Waals surface area contributed by atoms with Gasteiger partial charge in [-0.15, -0.1) is 7.92 Å². The van der Waals surface area contributed by atoms with Crippen molar-refractivity contribution in [1.29, 1.82) is 0 Å². The highest BCUT2D eigenvalue weighted by Gasteiger charge is 2.29. The Bertz CT molecular complexity index is 148. The van der Waals surface area contributed by atoms with E-state index in [0.29, 0.717) is 7.92 Å². The Hall–Kier alpha value is 0.430. The van der Waals surface area contributed by atoms with Crippen LogP contribution in [0.3, 0.4) is 0 Å². The van der Waals surface area contributed by atoms with Gasteiger partial charge in [0, 0.05) is 0 Å². The second kappa shape index (κ2) is 9.37. The van der Waals surface area contributed by atoms with E-state index in [-0.39, 0.29) is 0 Å². The summed E-state index contributed by atoms with van der Waals surface area (Å²) in [6.07, 6.45) is 17.0. The fourth-order valence-corrected chi connectivity index (χ4v) is 7.33. The van der Waals surface area contributed by atoms with E-state index in [2.05, 4.69) is 6.92 Å². The smallest absolute Gasteiger partial charge is 0.0207 e. The fraction of sp³-hybridized carbons (Fsp3) is 1.00. The van der Waals surface area contributed by atoms with Gasteiger partial charge in [0.25, 0.3) is 0 Å². The molecule has 1 heteroatoms. The molecule has 2 aliphatic carbocycles. The van der Waals surface area contributed by atoms with Crippen LogP contribution < -0.4 is 0 Å². The highest BCUT2D eigenvalue weighted by molar-refractivity contribution is 7.59. The van der Waals surface area contributed by atoms with Crippen LogP contribution in [0.1, 0.15) is 85.0 Å². The number of hydrogen-bond acceptors (Lipinski definition) is 0. The van der Waals surface area contributed by atoms with Gasteiger partial charge in [-0.3, -0.25) is 0 Å². The molecule has 17 heavy (non-hydrogen) atoms. The van der Waals surface area contributed by atoms with Crippen molar-refractivity contribution in [3.63, 3.8) is 0 Å². The zero-order valence-electron chi connectivity index (χ0n) is 12.4. The van der Waals surface area contributed by atoms with Gasteiger partial charge < -0.3 is 0 Å². The monoisotopic (exact) mass is 256 g/mol. The molecule has 0 N–H and O–H groups in total. The molecule has 0 heterocycles. The van der Waals surface area contributed by atoms with Gasteiger partial charge in [-0.2, -0.15) is 0 Å². The summed E-state index contributed by atoms with van der Waals surface area (Å²) < 4.78 is 0. The zero-order chi connectivity index (χ0) is 12.5. The Morgan fingerprint density at radius 3 is 1.35 bits per heavy atom. The predicted octanol–water partition coefficient (Wildman–Crippen LogP) is 6.18. The van der Waals surface area contributed by atoms with Gasteiger partial charge in [0.2, 0.25) is 0 Å². The summed E-state index contributed by atoms with van der Waals surface area (Å²) in [5, 5.41) is 0. The first-order chi connectivity index (χ1) is 8.42. The molecule has 0 aromatic rings. The molecule has 0 spiro atoms. The lowest BCUT2D eigenvalue weighted by Gasteiger charge is -2.38. The summed E-state index contributed by atoms with van der Waals surface area (Å²) in [6, 6.07) is 0. The van der Waals surface area contributed by atoms with Crippen LogP contribution >= 0.6 is 7.92 Å². The van der Waals surface area contributed by atoms with Crippen LogP contribution in [0, 0.1) is 0 Å². The Balaban J connectivity index is 0.000000686. The summed E-state index contributed by atoms with van der Waals surface area (Å²) in [5.41, 5.74) is 2.34. The molecule has 0 nitrogen and oxygen atoms in total. The zero-order valence-corrected chi connectivity index (χ0v) is 13.3. The summed E-state index contributed by atoms with van der Waals surface area (Å²) >= 11 is 0. The Kier molecular flexibility index (Phi) is 8.54. The van der Waals surface area contributed by atoms with Crippen molar-refractivity contribution >= 4 is 7.92 Å². The SMILES string of the molecule is CC.CCP(C1CCCCC1)C1CCCCC1. The highest BCUT2D eigenvalue weighted by Crippen LogP contribution is 2.55. The van der Waals surface area contributed by atoms with E-state index in [9.17, 15) is 0 Å². The number of hydrogen-bond donors (Lipinski definition) is 0. The highest BCUT2D eigenvalue weighted by atomic mass is 31.1. The third-order valence-corrected chi connectivity index (χ3v) is 8.09. The van der Waals surface area contributed by atoms with E-state index in [0.717, 1.165) is 0 Å². The van der Waals surface area contributed by atoms with E-state index < -0.39 is 0 Å². The fourth-order valence-electron chi connectivity index (χ4n) is 3.64. The van der Waals surface area contributed by atoms with Gasteiger partial charge in [0.15, 0.2) is 0 Å². The quantitative estimate of drug-likeness (QED) is 0.529. The van der Waals surface area contributed by atoms with Crippen molar-refractivity contribution in [2.24, 2.45) is 0 Å². The van der Waals surface area contributed by atoms with Gasteiger partial charge in [-0.1, -0.05) is 59.3 Å². The average molecular weight is 256 g/mol. The van der Waals surface area contributed by atoms with E-state index in [4.69, 9.17) is 0 Å². The first kappa shape index (κ1) is 15.5. The van der Waals surface area contributed by atoms with Crippen LogP contribution in [0.15, 0.2) is 0 Å². The van der Waals surface area contributed by atoms with Crippen LogP contribution in [0.4, 0.5) is 0 Å². The molecule has 2 aliphatic rings. The lowest BCUT2D eigenvalue weighted by Crippen LogP contribution is -2.21. The van der Waals surface area contributed by atoms with Crippen LogP contribution in [-0.4, -0.2) is 17.5 Å². The van der Waals surface area contributed by atoms with E-state index >= 15 is 0 Å². The first-order valence-electron chi connectivity index (χ1n) is 8.17. The molecule has 0 radical (unpaired) electrons. The second-order valence-corrected chi connectivity index (χ2v) is 8.54. The summed E-state index contributed by atoms with van der Waals surface area (Å²) in [4.78, 5) is 0. The Morgan fingerprint density at radius 1 is 0.706 bits per heavy atom. The molecule has 0 saturated heterocycles. The van der Waals surface area contributed by atoms with E-state index in [1.165, 1.54) is 56.0 Å². The van der Waals surface area contributed by atoms with Crippen molar-refractivity contribution in [2.75, 3.05) is 6.16 Å². The van der Waals surface area contributed by atoms with Gasteiger partial charge in [0.1, 0.15) is 0 Å². The molecule has 0 atom stereocenters. The molecule has 2 fully saturated rings. The molecule has 0 unspecified atom stereocenters. The third-order valence-electron chi connectivity index (χ3n) is 4.45. The Labute approximate surface area is 111 Å². The Morgan fingerprint density at radius 2 is 1.06 bits per heavy atom. The molecule has 0 aromatic carbocycles. The number of rotatable bonds is 3. The third kappa shape index (κ3) is 4.90. The van der Waals surface area contributed by atoms with Gasteiger partial charge >= 0.3 is 0 Å². The van der Waals surface area contributed by atoms with Crippen LogP contribution in [0.2, 0.25) is 0 Å². The molecule has 0 aromatic heterocycles. The molecule has 0 bridgehead atoms. The minimum Gasteiger partial charge on any atom is -0.101 e. The maximum atomic E-state index is 2.47. The minimum absolute atomic E-state index is 0.405. The summed E-state index contributed by atoms with van der Waals surface area (Å²) in [5.74, 6) is 0. The first-order valence-corrected chi connectivity index (χ1v) is 9.84. The topological polar surface area (TPSA) is 0 Å². The molecule has 2 saturated carbocycles. The van der Waals surface area contributed by atoms with E-state index in [1.54, 1.807) is 25.7 Å². The lowest BCUT2D eigenvalue weighted by atomic mass is 9.99. The van der Waals surface area contributed by atoms with Crippen molar-refractivity contribution in [3.05, 3.63) is 0 Å². The van der Waals surface area contributed by atoms with Crippen LogP contribution in [-0.2, 0) is 0 Å². The van der Waals surface area contributed by atoms with Crippen molar-refractivity contribution in [1.82, 2.24) is 0 Å². The molecular formula is C16H33P. The molecular weight excluding hydrogens is 223 g/mol. The lowest BCUT2D eigenvalue weighted by molar-refractivity contribution is 0.484. The van der Waals surface area contributed by atoms with Crippen molar-refractivity contribution in [2.45, 2.75) is 96.3 Å². The predicted molar refractivity (Wildman–Crippen MR) is 82.6 cm³/mol. The second-order valence-electron chi connectivity index (χ2n) is 5.41. The van der Waals surface area contributed by atoms with Gasteiger partial charge in [0.05, 0.1) is 0 Å². The molecule has 0 aliphatic heterocycles. The standard InChI is InChI=1S/C14H27P.C2H6/c1-2-15(13-9-5-3-6-10-13)14-11-7-4-8-12-14;1-2/h13-14H,2-12H2,1H3;1-2H3. The summed E-state index contributed by atoms with van der Waals surface area (Å²) in [7, 11) is 0.405. The van der Waals surface area contributed by atoms with Crippen molar-refractivity contribution < 1.29 is 0 Å². The summed E-state index contributed by atoms with van der Waals surface area (Å²) in [6.45, 7) is 6.47. The largest absolute Gasteiger partial charge is 0.101 e. The van der Waals surface area contributed by atoms with Gasteiger partial charge in [-0.05, 0) is 43.2 Å². The van der Waals surface area contributed by atoms with E-state index in [1.807, 2.05) is 13.8 Å². The van der Waals surface area contributed by atoms with Crippen molar-refractivity contribution in [3.8, 4) is 0 Å². The maximum Gasteiger partial charge on any atom is -0.0207 e. The minimum atomic E-state index is 0.405. The molecule has 0 amide bonds. The average Bonchev–Trinajstić information content (AvgIpc) is 2.44. The molecule has 102 valence electrons.